The van der Waals surface area contributed by atoms with E-state index in [4.69, 9.17) is 16.3 Å². The molecule has 132 valence electrons. The molecule has 1 N–H and O–H groups in total. The van der Waals surface area contributed by atoms with Crippen LogP contribution in [0.25, 0.3) is 11.0 Å². The number of nitrogens with zero attached hydrogens (tertiary/aromatic N) is 5. The molecule has 0 unspecified atom stereocenters. The first-order valence-corrected chi connectivity index (χ1v) is 8.71. The zero-order valence-electron chi connectivity index (χ0n) is 14.6. The summed E-state index contributed by atoms with van der Waals surface area (Å²) in [5.74, 6) is 1.29. The molecule has 0 fully saturated rings. The second kappa shape index (κ2) is 7.76. The standard InChI is InChI=1S/C17H21ClN6O/c1-4-12-14-15(24(23-12)9-10-25-5-2)16(22-17(18)21-14)20-13-8-6-7-11(3)19-13/h6-8H,4-5,9-10H2,1-3H3,(H,19,20,21,22). The summed E-state index contributed by atoms with van der Waals surface area (Å²) >= 11 is 6.14. The van der Waals surface area contributed by atoms with Crippen LogP contribution >= 0.6 is 11.6 Å². The molecular formula is C17H21ClN6O. The van der Waals surface area contributed by atoms with Crippen molar-refractivity contribution in [3.63, 3.8) is 0 Å². The Hall–Kier alpha value is -2.25. The van der Waals surface area contributed by atoms with Gasteiger partial charge in [-0.1, -0.05) is 13.0 Å². The van der Waals surface area contributed by atoms with E-state index in [0.717, 1.165) is 28.8 Å². The molecule has 0 bridgehead atoms. The van der Waals surface area contributed by atoms with Gasteiger partial charge in [0.05, 0.1) is 18.8 Å². The average Bonchev–Trinajstić information content (AvgIpc) is 2.93. The minimum Gasteiger partial charge on any atom is -0.380 e. The number of rotatable bonds is 7. The normalized spacial score (nSPS) is 11.2. The number of anilines is 2. The highest BCUT2D eigenvalue weighted by Gasteiger charge is 2.18. The highest BCUT2D eigenvalue weighted by molar-refractivity contribution is 6.28. The largest absolute Gasteiger partial charge is 0.380 e. The van der Waals surface area contributed by atoms with Gasteiger partial charge >= 0.3 is 0 Å². The molecule has 25 heavy (non-hydrogen) atoms. The number of hydrogen-bond donors (Lipinski definition) is 1. The van der Waals surface area contributed by atoms with Crippen LogP contribution in [0.2, 0.25) is 5.28 Å². The number of ether oxygens (including phenoxy) is 1. The molecular weight excluding hydrogens is 340 g/mol. The predicted molar refractivity (Wildman–Crippen MR) is 98.5 cm³/mol. The number of nitrogens with one attached hydrogen (secondary N) is 1. The van der Waals surface area contributed by atoms with Crippen molar-refractivity contribution in [1.29, 1.82) is 0 Å². The average molecular weight is 361 g/mol. The van der Waals surface area contributed by atoms with E-state index in [-0.39, 0.29) is 5.28 Å². The van der Waals surface area contributed by atoms with E-state index in [2.05, 4.69) is 25.4 Å². The van der Waals surface area contributed by atoms with Gasteiger partial charge in [-0.3, -0.25) is 4.68 Å². The van der Waals surface area contributed by atoms with Crippen LogP contribution in [-0.4, -0.2) is 37.9 Å². The van der Waals surface area contributed by atoms with Crippen molar-refractivity contribution >= 4 is 34.3 Å². The van der Waals surface area contributed by atoms with Crippen LogP contribution in [0.1, 0.15) is 25.2 Å². The molecule has 0 aromatic carbocycles. The van der Waals surface area contributed by atoms with E-state index in [1.54, 1.807) is 0 Å². The molecule has 0 spiro atoms. The molecule has 0 saturated heterocycles. The Morgan fingerprint density at radius 3 is 2.76 bits per heavy atom. The van der Waals surface area contributed by atoms with Crippen LogP contribution in [0, 0.1) is 6.92 Å². The minimum atomic E-state index is 0.182. The lowest BCUT2D eigenvalue weighted by Crippen LogP contribution is -2.09. The zero-order valence-corrected chi connectivity index (χ0v) is 15.3. The molecule has 0 amide bonds. The summed E-state index contributed by atoms with van der Waals surface area (Å²) < 4.78 is 7.34. The van der Waals surface area contributed by atoms with E-state index >= 15 is 0 Å². The Morgan fingerprint density at radius 1 is 1.20 bits per heavy atom. The number of fused-ring (bicyclic) bond motifs is 1. The van der Waals surface area contributed by atoms with Crippen molar-refractivity contribution in [2.45, 2.75) is 33.7 Å². The van der Waals surface area contributed by atoms with Crippen LogP contribution in [0.15, 0.2) is 18.2 Å². The zero-order chi connectivity index (χ0) is 17.8. The maximum atomic E-state index is 6.14. The fourth-order valence-electron chi connectivity index (χ4n) is 2.63. The molecule has 0 aliphatic heterocycles. The topological polar surface area (TPSA) is 77.8 Å². The van der Waals surface area contributed by atoms with E-state index in [1.165, 1.54) is 0 Å². The van der Waals surface area contributed by atoms with Crippen LogP contribution < -0.4 is 5.32 Å². The Balaban J connectivity index is 2.07. The number of aromatic nitrogens is 5. The molecule has 3 rings (SSSR count). The number of aryl methyl sites for hydroxylation is 2. The second-order valence-electron chi connectivity index (χ2n) is 5.55. The highest BCUT2D eigenvalue weighted by atomic mass is 35.5. The third kappa shape index (κ3) is 3.88. The predicted octanol–water partition coefficient (Wildman–Crippen LogP) is 3.53. The maximum absolute atomic E-state index is 6.14. The quantitative estimate of drug-likeness (QED) is 0.513. The summed E-state index contributed by atoms with van der Waals surface area (Å²) in [6.45, 7) is 7.81. The van der Waals surface area contributed by atoms with Gasteiger partial charge in [0.15, 0.2) is 5.82 Å². The molecule has 8 heteroatoms. The van der Waals surface area contributed by atoms with Gasteiger partial charge in [-0.25, -0.2) is 9.97 Å². The van der Waals surface area contributed by atoms with Gasteiger partial charge < -0.3 is 10.1 Å². The maximum Gasteiger partial charge on any atom is 0.225 e. The van der Waals surface area contributed by atoms with E-state index in [1.807, 2.05) is 43.7 Å². The summed E-state index contributed by atoms with van der Waals surface area (Å²) in [6.07, 6.45) is 0.758. The van der Waals surface area contributed by atoms with Crippen molar-refractivity contribution in [2.24, 2.45) is 0 Å². The fourth-order valence-corrected chi connectivity index (χ4v) is 2.80. The third-order valence-corrected chi connectivity index (χ3v) is 3.92. The molecule has 3 heterocycles. The fraction of sp³-hybridized carbons (Fsp3) is 0.412. The van der Waals surface area contributed by atoms with Crippen LogP contribution in [-0.2, 0) is 17.7 Å². The molecule has 0 saturated carbocycles. The Bertz CT molecular complexity index is 879. The lowest BCUT2D eigenvalue weighted by atomic mass is 10.3. The summed E-state index contributed by atoms with van der Waals surface area (Å²) in [5, 5.41) is 8.09. The Kier molecular flexibility index (Phi) is 5.45. The van der Waals surface area contributed by atoms with Gasteiger partial charge in [0, 0.05) is 12.3 Å². The van der Waals surface area contributed by atoms with Gasteiger partial charge in [-0.15, -0.1) is 0 Å². The van der Waals surface area contributed by atoms with E-state index < -0.39 is 0 Å². The molecule has 0 radical (unpaired) electrons. The van der Waals surface area contributed by atoms with Gasteiger partial charge in [-0.2, -0.15) is 10.1 Å². The van der Waals surface area contributed by atoms with Crippen molar-refractivity contribution in [2.75, 3.05) is 18.5 Å². The van der Waals surface area contributed by atoms with Crippen LogP contribution in [0.5, 0.6) is 0 Å². The first-order chi connectivity index (χ1) is 12.1. The summed E-state index contributed by atoms with van der Waals surface area (Å²) in [4.78, 5) is 13.2. The Labute approximate surface area is 151 Å². The van der Waals surface area contributed by atoms with Crippen LogP contribution in [0.3, 0.4) is 0 Å². The summed E-state index contributed by atoms with van der Waals surface area (Å²) in [5.41, 5.74) is 3.37. The molecule has 0 atom stereocenters. The van der Waals surface area contributed by atoms with Gasteiger partial charge in [0.25, 0.3) is 0 Å². The first kappa shape index (κ1) is 17.6. The molecule has 3 aromatic rings. The highest BCUT2D eigenvalue weighted by Crippen LogP contribution is 2.27. The van der Waals surface area contributed by atoms with E-state index in [0.29, 0.717) is 31.4 Å². The van der Waals surface area contributed by atoms with Gasteiger partial charge in [0.1, 0.15) is 16.9 Å². The van der Waals surface area contributed by atoms with Crippen LogP contribution in [0.4, 0.5) is 11.6 Å². The van der Waals surface area contributed by atoms with Crippen molar-refractivity contribution in [3.8, 4) is 0 Å². The number of pyridine rings is 1. The first-order valence-electron chi connectivity index (χ1n) is 8.33. The number of halogens is 1. The third-order valence-electron chi connectivity index (χ3n) is 3.75. The lowest BCUT2D eigenvalue weighted by Gasteiger charge is -2.10. The second-order valence-corrected chi connectivity index (χ2v) is 5.89. The summed E-state index contributed by atoms with van der Waals surface area (Å²) in [6, 6.07) is 5.76. The SMILES string of the molecule is CCOCCn1nc(CC)c2nc(Cl)nc(Nc3cccc(C)n3)c21. The van der Waals surface area contributed by atoms with Gasteiger partial charge in [0.2, 0.25) is 5.28 Å². The molecule has 7 nitrogen and oxygen atoms in total. The van der Waals surface area contributed by atoms with Gasteiger partial charge in [-0.05, 0) is 44.0 Å². The smallest absolute Gasteiger partial charge is 0.225 e. The molecule has 0 aliphatic carbocycles. The lowest BCUT2D eigenvalue weighted by molar-refractivity contribution is 0.137. The molecule has 0 aliphatic rings. The van der Waals surface area contributed by atoms with Crippen molar-refractivity contribution in [1.82, 2.24) is 24.7 Å². The van der Waals surface area contributed by atoms with E-state index in [9.17, 15) is 0 Å². The van der Waals surface area contributed by atoms with Crippen molar-refractivity contribution < 1.29 is 4.74 Å². The number of hydrogen-bond acceptors (Lipinski definition) is 6. The minimum absolute atomic E-state index is 0.182. The Morgan fingerprint density at radius 2 is 2.04 bits per heavy atom. The van der Waals surface area contributed by atoms with Crippen molar-refractivity contribution in [3.05, 3.63) is 34.9 Å². The monoisotopic (exact) mass is 360 g/mol. The summed E-state index contributed by atoms with van der Waals surface area (Å²) in [7, 11) is 0. The molecule has 3 aromatic heterocycles.